The van der Waals surface area contributed by atoms with E-state index in [0.29, 0.717) is 6.54 Å². The number of hydrogen-bond donors (Lipinski definition) is 2. The molecule has 1 rings (SSSR count). The molecule has 0 radical (unpaired) electrons. The van der Waals surface area contributed by atoms with Crippen molar-refractivity contribution in [3.63, 3.8) is 0 Å². The largest absolute Gasteiger partial charge is 0.351 e. The molecule has 0 unspecified atom stereocenters. The SMILES string of the molecule is CCCCCCCNC(=O)C(=Cc1ccccc1)NC(C)=O. The predicted molar refractivity (Wildman–Crippen MR) is 90.0 cm³/mol. The van der Waals surface area contributed by atoms with Crippen LogP contribution in [0.15, 0.2) is 36.0 Å². The topological polar surface area (TPSA) is 58.2 Å². The Bertz CT molecular complexity index is 495. The molecule has 4 nitrogen and oxygen atoms in total. The Hall–Kier alpha value is -2.10. The number of unbranched alkanes of at least 4 members (excludes halogenated alkanes) is 4. The van der Waals surface area contributed by atoms with Crippen LogP contribution in [-0.4, -0.2) is 18.4 Å². The van der Waals surface area contributed by atoms with Gasteiger partial charge in [-0.2, -0.15) is 0 Å². The highest BCUT2D eigenvalue weighted by Gasteiger charge is 2.10. The maximum Gasteiger partial charge on any atom is 0.267 e. The zero-order chi connectivity index (χ0) is 16.2. The highest BCUT2D eigenvalue weighted by Crippen LogP contribution is 2.06. The molecule has 0 saturated heterocycles. The lowest BCUT2D eigenvalue weighted by atomic mass is 10.1. The first kappa shape index (κ1) is 18.0. The quantitative estimate of drug-likeness (QED) is 0.543. The van der Waals surface area contributed by atoms with Crippen molar-refractivity contribution in [2.45, 2.75) is 46.0 Å². The lowest BCUT2D eigenvalue weighted by Crippen LogP contribution is -2.34. The number of carbonyl (C=O) groups excluding carboxylic acids is 2. The Morgan fingerprint density at radius 1 is 1.05 bits per heavy atom. The van der Waals surface area contributed by atoms with E-state index < -0.39 is 0 Å². The maximum atomic E-state index is 12.2. The summed E-state index contributed by atoms with van der Waals surface area (Å²) in [5.41, 5.74) is 1.16. The van der Waals surface area contributed by atoms with Crippen LogP contribution >= 0.6 is 0 Å². The molecule has 0 atom stereocenters. The summed E-state index contributed by atoms with van der Waals surface area (Å²) in [6.07, 6.45) is 7.41. The van der Waals surface area contributed by atoms with Crippen LogP contribution in [0, 0.1) is 0 Å². The average molecular weight is 302 g/mol. The minimum atomic E-state index is -0.250. The van der Waals surface area contributed by atoms with Crippen LogP contribution in [0.4, 0.5) is 0 Å². The highest BCUT2D eigenvalue weighted by molar-refractivity contribution is 6.00. The summed E-state index contributed by atoms with van der Waals surface area (Å²) in [7, 11) is 0. The third kappa shape index (κ3) is 7.62. The van der Waals surface area contributed by atoms with Gasteiger partial charge in [0, 0.05) is 13.5 Å². The van der Waals surface area contributed by atoms with Gasteiger partial charge in [0.25, 0.3) is 5.91 Å². The Kier molecular flexibility index (Phi) is 8.65. The third-order valence-corrected chi connectivity index (χ3v) is 3.23. The van der Waals surface area contributed by atoms with E-state index in [1.54, 1.807) is 6.08 Å². The van der Waals surface area contributed by atoms with Crippen LogP contribution in [-0.2, 0) is 9.59 Å². The number of nitrogens with one attached hydrogen (secondary N) is 2. The first-order valence-electron chi connectivity index (χ1n) is 7.96. The zero-order valence-corrected chi connectivity index (χ0v) is 13.5. The van der Waals surface area contributed by atoms with Crippen LogP contribution in [0.3, 0.4) is 0 Å². The molecule has 0 aliphatic heterocycles. The van der Waals surface area contributed by atoms with E-state index in [1.165, 1.54) is 26.2 Å². The molecule has 0 bridgehead atoms. The molecule has 0 aromatic heterocycles. The summed E-state index contributed by atoms with van der Waals surface area (Å²) in [6, 6.07) is 9.47. The van der Waals surface area contributed by atoms with Crippen molar-refractivity contribution in [3.05, 3.63) is 41.6 Å². The fourth-order valence-electron chi connectivity index (χ4n) is 2.09. The normalized spacial score (nSPS) is 11.1. The molecule has 0 aliphatic rings. The van der Waals surface area contributed by atoms with E-state index in [0.717, 1.165) is 18.4 Å². The van der Waals surface area contributed by atoms with Crippen molar-refractivity contribution in [2.75, 3.05) is 6.54 Å². The Balaban J connectivity index is 2.54. The molecule has 1 aromatic carbocycles. The predicted octanol–water partition coefficient (Wildman–Crippen LogP) is 3.25. The molecule has 0 heterocycles. The van der Waals surface area contributed by atoms with Gasteiger partial charge in [-0.1, -0.05) is 62.9 Å². The fourth-order valence-corrected chi connectivity index (χ4v) is 2.09. The lowest BCUT2D eigenvalue weighted by molar-refractivity contribution is -0.122. The van der Waals surface area contributed by atoms with Crippen LogP contribution in [0.1, 0.15) is 51.5 Å². The number of benzene rings is 1. The van der Waals surface area contributed by atoms with E-state index in [2.05, 4.69) is 17.6 Å². The minimum Gasteiger partial charge on any atom is -0.351 e. The highest BCUT2D eigenvalue weighted by atomic mass is 16.2. The van der Waals surface area contributed by atoms with E-state index in [1.807, 2.05) is 30.3 Å². The molecular formula is C18H26N2O2. The Morgan fingerprint density at radius 3 is 2.36 bits per heavy atom. The molecule has 2 amide bonds. The summed E-state index contributed by atoms with van der Waals surface area (Å²) < 4.78 is 0. The van der Waals surface area contributed by atoms with Crippen LogP contribution in [0.2, 0.25) is 0 Å². The molecule has 0 fully saturated rings. The number of rotatable bonds is 9. The van der Waals surface area contributed by atoms with Crippen molar-refractivity contribution < 1.29 is 9.59 Å². The molecular weight excluding hydrogens is 276 g/mol. The number of hydrogen-bond acceptors (Lipinski definition) is 2. The van der Waals surface area contributed by atoms with Gasteiger partial charge in [0.05, 0.1) is 0 Å². The van der Waals surface area contributed by atoms with Gasteiger partial charge in [0.1, 0.15) is 5.70 Å². The van der Waals surface area contributed by atoms with Crippen LogP contribution in [0.5, 0.6) is 0 Å². The summed E-state index contributed by atoms with van der Waals surface area (Å²) in [5.74, 6) is -0.491. The molecule has 4 heteroatoms. The van der Waals surface area contributed by atoms with Crippen molar-refractivity contribution in [1.29, 1.82) is 0 Å². The van der Waals surface area contributed by atoms with Crippen molar-refractivity contribution >= 4 is 17.9 Å². The molecule has 120 valence electrons. The van der Waals surface area contributed by atoms with Gasteiger partial charge in [0.2, 0.25) is 5.91 Å². The third-order valence-electron chi connectivity index (χ3n) is 3.23. The van der Waals surface area contributed by atoms with Crippen LogP contribution < -0.4 is 10.6 Å². The summed E-state index contributed by atoms with van der Waals surface area (Å²) in [5, 5.41) is 5.46. The number of carbonyl (C=O) groups is 2. The van der Waals surface area contributed by atoms with Crippen molar-refractivity contribution in [3.8, 4) is 0 Å². The summed E-state index contributed by atoms with van der Waals surface area (Å²) in [4.78, 5) is 23.4. The second kappa shape index (κ2) is 10.6. The van der Waals surface area contributed by atoms with Gasteiger partial charge in [-0.05, 0) is 18.1 Å². The average Bonchev–Trinajstić information content (AvgIpc) is 2.50. The molecule has 0 spiro atoms. The Labute approximate surface area is 133 Å². The van der Waals surface area contributed by atoms with E-state index in [9.17, 15) is 9.59 Å². The second-order valence-electron chi connectivity index (χ2n) is 5.32. The summed E-state index contributed by atoms with van der Waals surface area (Å²) in [6.45, 7) is 4.21. The molecule has 0 aliphatic carbocycles. The van der Waals surface area contributed by atoms with Gasteiger partial charge in [-0.15, -0.1) is 0 Å². The molecule has 2 N–H and O–H groups in total. The standard InChI is InChI=1S/C18H26N2O2/c1-3-4-5-6-10-13-19-18(22)17(20-15(2)21)14-16-11-8-7-9-12-16/h7-9,11-12,14H,3-6,10,13H2,1-2H3,(H,19,22)(H,20,21). The smallest absolute Gasteiger partial charge is 0.267 e. The first-order valence-corrected chi connectivity index (χ1v) is 7.96. The van der Waals surface area contributed by atoms with Gasteiger partial charge >= 0.3 is 0 Å². The van der Waals surface area contributed by atoms with Gasteiger partial charge < -0.3 is 10.6 Å². The first-order chi connectivity index (χ1) is 10.6. The van der Waals surface area contributed by atoms with Gasteiger partial charge in [-0.3, -0.25) is 9.59 Å². The zero-order valence-electron chi connectivity index (χ0n) is 13.5. The number of amides is 2. The molecule has 22 heavy (non-hydrogen) atoms. The van der Waals surface area contributed by atoms with Crippen LogP contribution in [0.25, 0.3) is 6.08 Å². The maximum absolute atomic E-state index is 12.2. The van der Waals surface area contributed by atoms with E-state index in [-0.39, 0.29) is 17.5 Å². The van der Waals surface area contributed by atoms with E-state index in [4.69, 9.17) is 0 Å². The molecule has 1 aromatic rings. The summed E-state index contributed by atoms with van der Waals surface area (Å²) >= 11 is 0. The van der Waals surface area contributed by atoms with Gasteiger partial charge in [-0.25, -0.2) is 0 Å². The molecule has 0 saturated carbocycles. The monoisotopic (exact) mass is 302 g/mol. The minimum absolute atomic E-state index is 0.241. The van der Waals surface area contributed by atoms with Gasteiger partial charge in [0.15, 0.2) is 0 Å². The fraction of sp³-hybridized carbons (Fsp3) is 0.444. The second-order valence-corrected chi connectivity index (χ2v) is 5.32. The Morgan fingerprint density at radius 2 is 1.73 bits per heavy atom. The lowest BCUT2D eigenvalue weighted by Gasteiger charge is -2.09. The van der Waals surface area contributed by atoms with E-state index >= 15 is 0 Å². The van der Waals surface area contributed by atoms with Crippen molar-refractivity contribution in [1.82, 2.24) is 10.6 Å². The van der Waals surface area contributed by atoms with Crippen molar-refractivity contribution in [2.24, 2.45) is 0 Å².